The van der Waals surface area contributed by atoms with E-state index in [2.05, 4.69) is 32.5 Å². The van der Waals surface area contributed by atoms with Gasteiger partial charge in [-0.3, -0.25) is 4.68 Å². The summed E-state index contributed by atoms with van der Waals surface area (Å²) in [6.45, 7) is 1.37. The molecule has 6 nitrogen and oxygen atoms in total. The summed E-state index contributed by atoms with van der Waals surface area (Å²) in [5, 5.41) is 20.0. The number of phenols is 1. The third-order valence-corrected chi connectivity index (χ3v) is 5.61. The lowest BCUT2D eigenvalue weighted by Gasteiger charge is -2.24. The summed E-state index contributed by atoms with van der Waals surface area (Å²) in [5.41, 5.74) is 4.74. The summed E-state index contributed by atoms with van der Waals surface area (Å²) in [6, 6.07) is 17.4. The van der Waals surface area contributed by atoms with Gasteiger partial charge in [0.15, 0.2) is 0 Å². The molecule has 0 fully saturated rings. The number of aromatic nitrogens is 2. The maximum atomic E-state index is 12.4. The molecule has 0 aliphatic heterocycles. The van der Waals surface area contributed by atoms with Crippen molar-refractivity contribution in [3.63, 3.8) is 0 Å². The first-order chi connectivity index (χ1) is 14.7. The molecule has 156 valence electrons. The number of hydrogen-bond donors (Lipinski definition) is 3. The Balaban J connectivity index is 1.28. The van der Waals surface area contributed by atoms with Gasteiger partial charge >= 0.3 is 6.03 Å². The van der Waals surface area contributed by atoms with E-state index in [0.29, 0.717) is 6.54 Å². The minimum absolute atomic E-state index is 0.00960. The van der Waals surface area contributed by atoms with Crippen LogP contribution in [0.4, 0.5) is 4.79 Å². The fourth-order valence-corrected chi connectivity index (χ4v) is 4.03. The number of amides is 2. The van der Waals surface area contributed by atoms with Crippen LogP contribution in [0, 0.1) is 0 Å². The molecule has 2 amide bonds. The maximum Gasteiger partial charge on any atom is 0.315 e. The molecule has 2 aromatic carbocycles. The van der Waals surface area contributed by atoms with Crippen LogP contribution < -0.4 is 10.6 Å². The fraction of sp³-hybridized carbons (Fsp3) is 0.333. The SMILES string of the molecule is O=C(NCCCc1ccc(O)cc1)NC1CCCc2c1cnn2Cc1ccccc1. The summed E-state index contributed by atoms with van der Waals surface area (Å²) in [7, 11) is 0. The number of nitrogens with one attached hydrogen (secondary N) is 2. The molecule has 3 N–H and O–H groups in total. The number of carbonyl (C=O) groups is 1. The third-order valence-electron chi connectivity index (χ3n) is 5.61. The lowest BCUT2D eigenvalue weighted by Crippen LogP contribution is -2.39. The average molecular weight is 405 g/mol. The molecule has 6 heteroatoms. The van der Waals surface area contributed by atoms with Crippen molar-refractivity contribution in [1.82, 2.24) is 20.4 Å². The smallest absolute Gasteiger partial charge is 0.315 e. The van der Waals surface area contributed by atoms with Crippen LogP contribution in [0.2, 0.25) is 0 Å². The van der Waals surface area contributed by atoms with E-state index in [4.69, 9.17) is 0 Å². The quantitative estimate of drug-likeness (QED) is 0.522. The van der Waals surface area contributed by atoms with Crippen molar-refractivity contribution in [2.24, 2.45) is 0 Å². The highest BCUT2D eigenvalue weighted by molar-refractivity contribution is 5.74. The Hall–Kier alpha value is -3.28. The van der Waals surface area contributed by atoms with Crippen molar-refractivity contribution in [2.75, 3.05) is 6.54 Å². The summed E-state index contributed by atoms with van der Waals surface area (Å²) in [6.07, 6.45) is 6.59. The van der Waals surface area contributed by atoms with Crippen molar-refractivity contribution >= 4 is 6.03 Å². The zero-order valence-corrected chi connectivity index (χ0v) is 17.1. The van der Waals surface area contributed by atoms with Gasteiger partial charge in [0.1, 0.15) is 5.75 Å². The molecule has 0 spiro atoms. The van der Waals surface area contributed by atoms with Gasteiger partial charge in [-0.1, -0.05) is 42.5 Å². The van der Waals surface area contributed by atoms with Crippen LogP contribution in [0.5, 0.6) is 5.75 Å². The van der Waals surface area contributed by atoms with E-state index >= 15 is 0 Å². The monoisotopic (exact) mass is 404 g/mol. The van der Waals surface area contributed by atoms with Gasteiger partial charge in [0.2, 0.25) is 0 Å². The largest absolute Gasteiger partial charge is 0.508 e. The summed E-state index contributed by atoms with van der Waals surface area (Å²) in [5.74, 6) is 0.273. The minimum atomic E-state index is -0.130. The zero-order chi connectivity index (χ0) is 20.8. The normalized spacial score (nSPS) is 15.4. The molecule has 1 aromatic heterocycles. The van der Waals surface area contributed by atoms with Crippen LogP contribution in [-0.4, -0.2) is 27.5 Å². The first-order valence-corrected chi connectivity index (χ1v) is 10.6. The van der Waals surface area contributed by atoms with Crippen molar-refractivity contribution < 1.29 is 9.90 Å². The van der Waals surface area contributed by atoms with Gasteiger partial charge in [0, 0.05) is 17.8 Å². The van der Waals surface area contributed by atoms with Gasteiger partial charge < -0.3 is 15.7 Å². The number of aromatic hydroxyl groups is 1. The van der Waals surface area contributed by atoms with Crippen LogP contribution in [0.1, 0.15) is 47.7 Å². The van der Waals surface area contributed by atoms with Crippen molar-refractivity contribution in [3.8, 4) is 5.75 Å². The Kier molecular flexibility index (Phi) is 6.32. The molecule has 0 bridgehead atoms. The first-order valence-electron chi connectivity index (χ1n) is 10.6. The lowest BCUT2D eigenvalue weighted by atomic mass is 9.93. The van der Waals surface area contributed by atoms with Crippen LogP contribution in [-0.2, 0) is 19.4 Å². The number of urea groups is 1. The molecule has 1 unspecified atom stereocenters. The van der Waals surface area contributed by atoms with Crippen molar-refractivity contribution in [1.29, 1.82) is 0 Å². The number of nitrogens with zero attached hydrogens (tertiary/aromatic N) is 2. The van der Waals surface area contributed by atoms with E-state index in [9.17, 15) is 9.90 Å². The second kappa shape index (κ2) is 9.48. The van der Waals surface area contributed by atoms with Gasteiger partial charge in [-0.25, -0.2) is 4.79 Å². The third kappa shape index (κ3) is 5.00. The Morgan fingerprint density at radius 3 is 2.70 bits per heavy atom. The Labute approximate surface area is 176 Å². The van der Waals surface area contributed by atoms with Crippen LogP contribution in [0.25, 0.3) is 0 Å². The molecule has 0 saturated carbocycles. The highest BCUT2D eigenvalue weighted by Gasteiger charge is 2.25. The predicted octanol–water partition coefficient (Wildman–Crippen LogP) is 3.95. The number of aryl methyl sites for hydroxylation is 1. The van der Waals surface area contributed by atoms with Crippen molar-refractivity contribution in [2.45, 2.75) is 44.7 Å². The summed E-state index contributed by atoms with van der Waals surface area (Å²) >= 11 is 0. The maximum absolute atomic E-state index is 12.4. The van der Waals surface area contributed by atoms with E-state index in [-0.39, 0.29) is 17.8 Å². The number of rotatable bonds is 7. The van der Waals surface area contributed by atoms with Gasteiger partial charge in [-0.05, 0) is 55.4 Å². The van der Waals surface area contributed by atoms with Gasteiger partial charge in [-0.2, -0.15) is 5.10 Å². The molecule has 1 heterocycles. The number of hydrogen-bond acceptors (Lipinski definition) is 3. The Morgan fingerprint density at radius 1 is 1.10 bits per heavy atom. The first kappa shape index (κ1) is 20.0. The number of benzene rings is 2. The molecule has 0 radical (unpaired) electrons. The molecule has 30 heavy (non-hydrogen) atoms. The molecule has 3 aromatic rings. The van der Waals surface area contributed by atoms with Gasteiger partial charge in [-0.15, -0.1) is 0 Å². The Bertz CT molecular complexity index is 967. The van der Waals surface area contributed by atoms with Gasteiger partial charge in [0.05, 0.1) is 18.8 Å². The van der Waals surface area contributed by atoms with Crippen LogP contribution in [0.3, 0.4) is 0 Å². The van der Waals surface area contributed by atoms with E-state index < -0.39 is 0 Å². The topological polar surface area (TPSA) is 79.2 Å². The number of phenolic OH excluding ortho intramolecular Hbond substituents is 1. The van der Waals surface area contributed by atoms with E-state index in [0.717, 1.165) is 49.8 Å². The predicted molar refractivity (Wildman–Crippen MR) is 116 cm³/mol. The lowest BCUT2D eigenvalue weighted by molar-refractivity contribution is 0.235. The number of carbonyl (C=O) groups excluding carboxylic acids is 1. The standard InChI is InChI=1S/C24H28N4O2/c29-20-13-11-18(12-14-20)8-5-15-25-24(30)27-22-9-4-10-23-21(22)16-26-28(23)17-19-6-2-1-3-7-19/h1-3,6-7,11-14,16,22,29H,4-5,8-10,15,17H2,(H2,25,27,30). The van der Waals surface area contributed by atoms with Crippen LogP contribution in [0.15, 0.2) is 60.8 Å². The molecule has 1 aliphatic carbocycles. The zero-order valence-electron chi connectivity index (χ0n) is 17.1. The van der Waals surface area contributed by atoms with E-state index in [1.165, 1.54) is 11.3 Å². The number of fused-ring (bicyclic) bond motifs is 1. The molecular formula is C24H28N4O2. The summed E-state index contributed by atoms with van der Waals surface area (Å²) in [4.78, 5) is 12.4. The molecule has 4 rings (SSSR count). The highest BCUT2D eigenvalue weighted by atomic mass is 16.3. The highest BCUT2D eigenvalue weighted by Crippen LogP contribution is 2.29. The van der Waals surface area contributed by atoms with Crippen molar-refractivity contribution in [3.05, 3.63) is 83.2 Å². The molecule has 0 saturated heterocycles. The molecule has 1 atom stereocenters. The second-order valence-electron chi connectivity index (χ2n) is 7.80. The molecule has 1 aliphatic rings. The van der Waals surface area contributed by atoms with Crippen LogP contribution >= 0.6 is 0 Å². The molecular weight excluding hydrogens is 376 g/mol. The summed E-state index contributed by atoms with van der Waals surface area (Å²) < 4.78 is 2.06. The van der Waals surface area contributed by atoms with Gasteiger partial charge in [0.25, 0.3) is 0 Å². The Morgan fingerprint density at radius 2 is 1.90 bits per heavy atom. The van der Waals surface area contributed by atoms with E-state index in [1.807, 2.05) is 36.5 Å². The second-order valence-corrected chi connectivity index (χ2v) is 7.80. The van der Waals surface area contributed by atoms with E-state index in [1.54, 1.807) is 12.1 Å². The minimum Gasteiger partial charge on any atom is -0.508 e. The average Bonchev–Trinajstić information content (AvgIpc) is 3.17. The fourth-order valence-electron chi connectivity index (χ4n) is 4.03.